The third-order valence-corrected chi connectivity index (χ3v) is 3.21. The molecule has 0 fully saturated rings. The van der Waals surface area contributed by atoms with Gasteiger partial charge in [0.1, 0.15) is 30.3 Å². The molecule has 128 valence electrons. The normalized spacial score (nSPS) is 10.2. The average molecular weight is 338 g/mol. The maximum absolute atomic E-state index is 11.7. The highest BCUT2D eigenvalue weighted by atomic mass is 16.2. The summed E-state index contributed by atoms with van der Waals surface area (Å²) in [6.07, 6.45) is 6.55. The summed E-state index contributed by atoms with van der Waals surface area (Å²) in [5, 5.41) is 13.0. The van der Waals surface area contributed by atoms with Crippen molar-refractivity contribution in [2.75, 3.05) is 23.7 Å². The zero-order valence-corrected chi connectivity index (χ0v) is 13.5. The number of amides is 1. The summed E-state index contributed by atoms with van der Waals surface area (Å²) in [6.45, 7) is 1.23. The number of anilines is 3. The van der Waals surface area contributed by atoms with Crippen LogP contribution in [0.5, 0.6) is 0 Å². The Morgan fingerprint density at radius 2 is 1.92 bits per heavy atom. The lowest BCUT2D eigenvalue weighted by atomic mass is 10.4. The molecule has 3 heterocycles. The molecule has 0 spiro atoms. The third kappa shape index (κ3) is 5.27. The Bertz CT molecular complexity index is 791. The molecule has 0 aliphatic carbocycles. The van der Waals surface area contributed by atoms with Crippen molar-refractivity contribution >= 4 is 23.4 Å². The molecule has 1 amide bonds. The van der Waals surface area contributed by atoms with Crippen LogP contribution in [-0.2, 0) is 11.3 Å². The van der Waals surface area contributed by atoms with Crippen molar-refractivity contribution in [2.24, 2.45) is 0 Å². The molecule has 3 rings (SSSR count). The highest BCUT2D eigenvalue weighted by Gasteiger charge is 2.03. The fourth-order valence-electron chi connectivity index (χ4n) is 2.08. The van der Waals surface area contributed by atoms with E-state index in [9.17, 15) is 4.79 Å². The average Bonchev–Trinajstić information content (AvgIpc) is 3.13. The Morgan fingerprint density at radius 1 is 1.00 bits per heavy atom. The summed E-state index contributed by atoms with van der Waals surface area (Å²) in [6, 6.07) is 9.14. The molecule has 0 radical (unpaired) electrons. The number of aromatic nitrogens is 5. The molecule has 9 heteroatoms. The monoisotopic (exact) mass is 338 g/mol. The minimum Gasteiger partial charge on any atom is -0.368 e. The minimum atomic E-state index is -0.0919. The smallest absolute Gasteiger partial charge is 0.241 e. The van der Waals surface area contributed by atoms with E-state index in [0.717, 1.165) is 0 Å². The van der Waals surface area contributed by atoms with Crippen molar-refractivity contribution < 1.29 is 4.79 Å². The van der Waals surface area contributed by atoms with Gasteiger partial charge in [-0.05, 0) is 18.2 Å². The first kappa shape index (κ1) is 16.4. The molecule has 0 aromatic carbocycles. The molecule has 0 bridgehead atoms. The van der Waals surface area contributed by atoms with Gasteiger partial charge in [0.15, 0.2) is 0 Å². The number of carbonyl (C=O) groups excluding carboxylic acids is 1. The Morgan fingerprint density at radius 3 is 2.72 bits per heavy atom. The fourth-order valence-corrected chi connectivity index (χ4v) is 2.08. The van der Waals surface area contributed by atoms with E-state index in [0.29, 0.717) is 30.5 Å². The molecule has 0 saturated carbocycles. The Balaban J connectivity index is 1.42. The number of nitrogens with zero attached hydrogens (tertiary/aromatic N) is 5. The number of hydrogen-bond acceptors (Lipinski definition) is 7. The van der Waals surface area contributed by atoms with Gasteiger partial charge in [0, 0.05) is 37.7 Å². The summed E-state index contributed by atoms with van der Waals surface area (Å²) in [5.41, 5.74) is 0. The lowest BCUT2D eigenvalue weighted by Crippen LogP contribution is -2.31. The molecule has 0 aliphatic heterocycles. The molecule has 25 heavy (non-hydrogen) atoms. The molecule has 3 aromatic rings. The Kier molecular flexibility index (Phi) is 5.49. The van der Waals surface area contributed by atoms with Gasteiger partial charge in [-0.1, -0.05) is 6.07 Å². The first-order valence-corrected chi connectivity index (χ1v) is 7.78. The third-order valence-electron chi connectivity index (χ3n) is 3.21. The topological polar surface area (TPSA) is 110 Å². The van der Waals surface area contributed by atoms with Crippen molar-refractivity contribution in [3.05, 3.63) is 55.2 Å². The summed E-state index contributed by atoms with van der Waals surface area (Å²) >= 11 is 0. The molecular weight excluding hydrogens is 320 g/mol. The van der Waals surface area contributed by atoms with E-state index in [-0.39, 0.29) is 12.5 Å². The molecule has 9 nitrogen and oxygen atoms in total. The lowest BCUT2D eigenvalue weighted by molar-refractivity contribution is -0.121. The van der Waals surface area contributed by atoms with Crippen LogP contribution >= 0.6 is 0 Å². The van der Waals surface area contributed by atoms with Gasteiger partial charge < -0.3 is 16.0 Å². The van der Waals surface area contributed by atoms with Crippen LogP contribution in [0.3, 0.4) is 0 Å². The number of hydrogen-bond donors (Lipinski definition) is 3. The van der Waals surface area contributed by atoms with E-state index in [1.807, 2.05) is 18.2 Å². The van der Waals surface area contributed by atoms with Crippen LogP contribution in [0.1, 0.15) is 0 Å². The van der Waals surface area contributed by atoms with Crippen molar-refractivity contribution in [3.8, 4) is 0 Å². The number of carbonyl (C=O) groups is 1. The number of pyridine rings is 1. The second-order valence-electron chi connectivity index (χ2n) is 5.11. The fraction of sp³-hybridized carbons (Fsp3) is 0.188. The second kappa shape index (κ2) is 8.39. The van der Waals surface area contributed by atoms with Crippen molar-refractivity contribution in [3.63, 3.8) is 0 Å². The van der Waals surface area contributed by atoms with E-state index in [4.69, 9.17) is 0 Å². The van der Waals surface area contributed by atoms with Gasteiger partial charge in [0.2, 0.25) is 5.91 Å². The molecular formula is C16H18N8O. The largest absolute Gasteiger partial charge is 0.368 e. The minimum absolute atomic E-state index is 0.0919. The van der Waals surface area contributed by atoms with Crippen molar-refractivity contribution in [1.82, 2.24) is 30.0 Å². The van der Waals surface area contributed by atoms with E-state index in [2.05, 4.69) is 36.0 Å². The maximum atomic E-state index is 11.7. The number of nitrogens with one attached hydrogen (secondary N) is 3. The first-order valence-electron chi connectivity index (χ1n) is 7.78. The van der Waals surface area contributed by atoms with Gasteiger partial charge in [0.05, 0.1) is 0 Å². The second-order valence-corrected chi connectivity index (χ2v) is 5.11. The number of rotatable bonds is 8. The van der Waals surface area contributed by atoms with E-state index < -0.39 is 0 Å². The Labute approximate surface area is 144 Å². The quantitative estimate of drug-likeness (QED) is 0.526. The predicted molar refractivity (Wildman–Crippen MR) is 93.3 cm³/mol. The predicted octanol–water partition coefficient (Wildman–Crippen LogP) is 1.04. The van der Waals surface area contributed by atoms with E-state index in [1.54, 1.807) is 35.4 Å². The van der Waals surface area contributed by atoms with Crippen LogP contribution in [0.4, 0.5) is 17.5 Å². The summed E-state index contributed by atoms with van der Waals surface area (Å²) in [5.74, 6) is 1.91. The van der Waals surface area contributed by atoms with Crippen LogP contribution in [-0.4, -0.2) is 43.7 Å². The van der Waals surface area contributed by atoms with Crippen molar-refractivity contribution in [2.45, 2.75) is 6.54 Å². The first-order chi connectivity index (χ1) is 12.3. The highest BCUT2D eigenvalue weighted by Crippen LogP contribution is 2.13. The van der Waals surface area contributed by atoms with Crippen molar-refractivity contribution in [1.29, 1.82) is 0 Å². The van der Waals surface area contributed by atoms with Crippen LogP contribution in [0, 0.1) is 0 Å². The van der Waals surface area contributed by atoms with Crippen LogP contribution in [0.2, 0.25) is 0 Å². The van der Waals surface area contributed by atoms with Crippen LogP contribution < -0.4 is 16.0 Å². The van der Waals surface area contributed by atoms with E-state index >= 15 is 0 Å². The zero-order chi connectivity index (χ0) is 17.3. The molecule has 0 aliphatic rings. The summed E-state index contributed by atoms with van der Waals surface area (Å²) in [4.78, 5) is 24.2. The molecule has 3 N–H and O–H groups in total. The zero-order valence-electron chi connectivity index (χ0n) is 13.5. The van der Waals surface area contributed by atoms with Gasteiger partial charge >= 0.3 is 0 Å². The van der Waals surface area contributed by atoms with Gasteiger partial charge in [-0.25, -0.2) is 15.0 Å². The summed E-state index contributed by atoms with van der Waals surface area (Å²) in [7, 11) is 0. The lowest BCUT2D eigenvalue weighted by Gasteiger charge is -2.09. The molecule has 0 unspecified atom stereocenters. The highest BCUT2D eigenvalue weighted by molar-refractivity contribution is 5.75. The van der Waals surface area contributed by atoms with Crippen LogP contribution in [0.15, 0.2) is 55.2 Å². The van der Waals surface area contributed by atoms with Gasteiger partial charge in [0.25, 0.3) is 0 Å². The van der Waals surface area contributed by atoms with Gasteiger partial charge in [-0.3, -0.25) is 9.48 Å². The van der Waals surface area contributed by atoms with E-state index in [1.165, 1.54) is 6.33 Å². The molecule has 0 saturated heterocycles. The van der Waals surface area contributed by atoms with Gasteiger partial charge in [-0.15, -0.1) is 0 Å². The summed E-state index contributed by atoms with van der Waals surface area (Å²) < 4.78 is 1.57. The molecule has 3 aromatic heterocycles. The standard InChI is InChI=1S/C16H18N8O/c25-16(11-24-9-3-6-22-24)19-8-7-18-14-10-15(21-12-20-14)23-13-4-1-2-5-17-13/h1-6,9-10,12H,7-8,11H2,(H,19,25)(H2,17,18,20,21,23). The van der Waals surface area contributed by atoms with Crippen LogP contribution in [0.25, 0.3) is 0 Å². The molecule has 0 atom stereocenters. The maximum Gasteiger partial charge on any atom is 0.241 e. The SMILES string of the molecule is O=C(Cn1cccn1)NCCNc1cc(Nc2ccccn2)ncn1. The van der Waals surface area contributed by atoms with Gasteiger partial charge in [-0.2, -0.15) is 5.10 Å². The Hall–Kier alpha value is -3.49.